The Morgan fingerprint density at radius 2 is 1.37 bits per heavy atom. The molecule has 10 heteroatoms. The molecule has 0 atom stereocenters. The first-order chi connectivity index (χ1) is 20.4. The number of rotatable bonds is 10. The number of nitrogens with zero attached hydrogens (tertiary/aromatic N) is 2. The Kier molecular flexibility index (Phi) is 11.7. The number of ether oxygens (including phenoxy) is 1. The fraction of sp³-hybridized carbons (Fsp3) is 0.242. The minimum absolute atomic E-state index is 0. The first-order valence-corrected chi connectivity index (χ1v) is 14.6. The second-order valence-corrected chi connectivity index (χ2v) is 11.3. The van der Waals surface area contributed by atoms with E-state index in [1.807, 2.05) is 66.7 Å². The Labute approximate surface area is 277 Å². The topological polar surface area (TPSA) is 102 Å². The third-order valence-corrected chi connectivity index (χ3v) is 8.35. The molecule has 1 aliphatic rings. The van der Waals surface area contributed by atoms with Gasteiger partial charge in [0, 0.05) is 42.2 Å². The van der Waals surface area contributed by atoms with E-state index >= 15 is 0 Å². The van der Waals surface area contributed by atoms with Gasteiger partial charge in [0.2, 0.25) is 5.91 Å². The zero-order valence-corrected chi connectivity index (χ0v) is 27.1. The monoisotopic (exact) mass is 605 g/mol. The summed E-state index contributed by atoms with van der Waals surface area (Å²) in [7, 11) is 0. The van der Waals surface area contributed by atoms with Crippen LogP contribution in [0.1, 0.15) is 32.4 Å². The Balaban J connectivity index is 0.00000423. The van der Waals surface area contributed by atoms with Crippen LogP contribution in [0.4, 0.5) is 5.00 Å². The van der Waals surface area contributed by atoms with Crippen LogP contribution in [0, 0.1) is 6.92 Å². The number of aromatic carboxylic acids is 1. The van der Waals surface area contributed by atoms with Crippen LogP contribution in [0.3, 0.4) is 0 Å². The molecule has 2 heterocycles. The molecule has 0 spiro atoms. The molecule has 0 radical (unpaired) electrons. The summed E-state index contributed by atoms with van der Waals surface area (Å²) in [6.07, 6.45) is 0. The number of anilines is 1. The predicted molar refractivity (Wildman–Crippen MR) is 161 cm³/mol. The van der Waals surface area contributed by atoms with Crippen molar-refractivity contribution in [1.29, 1.82) is 0 Å². The quantitative estimate of drug-likeness (QED) is 0.271. The third-order valence-electron chi connectivity index (χ3n) is 7.33. The van der Waals surface area contributed by atoms with Crippen molar-refractivity contribution in [3.63, 3.8) is 0 Å². The summed E-state index contributed by atoms with van der Waals surface area (Å²) in [4.78, 5) is 42.3. The number of carboxylic acids is 1. The van der Waals surface area contributed by atoms with E-state index in [9.17, 15) is 19.5 Å². The normalized spacial score (nSPS) is 13.4. The van der Waals surface area contributed by atoms with Crippen molar-refractivity contribution in [2.45, 2.75) is 13.0 Å². The van der Waals surface area contributed by atoms with Gasteiger partial charge < -0.3 is 24.9 Å². The van der Waals surface area contributed by atoms with Crippen molar-refractivity contribution in [2.24, 2.45) is 0 Å². The Morgan fingerprint density at radius 1 is 0.837 bits per heavy atom. The molecule has 0 unspecified atom stereocenters. The van der Waals surface area contributed by atoms with E-state index in [4.69, 9.17) is 4.74 Å². The van der Waals surface area contributed by atoms with Gasteiger partial charge in [-0.1, -0.05) is 91.0 Å². The van der Waals surface area contributed by atoms with Crippen molar-refractivity contribution in [2.75, 3.05) is 44.7 Å². The minimum Gasteiger partial charge on any atom is -0.545 e. The van der Waals surface area contributed by atoms with Crippen LogP contribution in [-0.2, 0) is 14.3 Å². The number of hydrogen-bond donors (Lipinski definition) is 1. The average Bonchev–Trinajstić information content (AvgIpc) is 3.34. The number of carbonyl (C=O) groups excluding carboxylic acids is 3. The van der Waals surface area contributed by atoms with Gasteiger partial charge in [-0.05, 0) is 23.6 Å². The van der Waals surface area contributed by atoms with E-state index in [2.05, 4.69) is 34.5 Å². The molecular weight excluding hydrogens is 573 g/mol. The zero-order chi connectivity index (χ0) is 29.5. The largest absolute Gasteiger partial charge is 1.00 e. The second kappa shape index (κ2) is 15.4. The van der Waals surface area contributed by atoms with Gasteiger partial charge in [0.25, 0.3) is 5.91 Å². The van der Waals surface area contributed by atoms with Crippen LogP contribution >= 0.6 is 11.3 Å². The summed E-state index contributed by atoms with van der Waals surface area (Å²) in [5.41, 5.74) is 3.60. The number of piperazine rings is 1. The van der Waals surface area contributed by atoms with Gasteiger partial charge in [-0.2, -0.15) is 0 Å². The fourth-order valence-electron chi connectivity index (χ4n) is 5.38. The van der Waals surface area contributed by atoms with Crippen LogP contribution in [-0.4, -0.2) is 67.0 Å². The van der Waals surface area contributed by atoms with Crippen molar-refractivity contribution in [1.82, 2.24) is 9.80 Å². The average molecular weight is 606 g/mol. The number of carboxylic acid groups (broad SMARTS) is 1. The summed E-state index contributed by atoms with van der Waals surface area (Å²) in [6.45, 7) is 3.70. The molecule has 1 fully saturated rings. The number of benzene rings is 3. The first kappa shape index (κ1) is 32.6. The number of carbonyl (C=O) groups is 3. The van der Waals surface area contributed by atoms with E-state index in [0.29, 0.717) is 31.7 Å². The van der Waals surface area contributed by atoms with E-state index in [0.717, 1.165) is 10.4 Å². The fourth-order valence-corrected chi connectivity index (χ4v) is 6.46. The van der Waals surface area contributed by atoms with Crippen molar-refractivity contribution in [3.8, 4) is 11.1 Å². The molecule has 2 amide bonds. The number of aryl methyl sites for hydroxylation is 1. The van der Waals surface area contributed by atoms with Gasteiger partial charge in [-0.25, -0.2) is 0 Å². The first-order valence-electron chi connectivity index (χ1n) is 13.8. The molecule has 43 heavy (non-hydrogen) atoms. The van der Waals surface area contributed by atoms with E-state index in [1.165, 1.54) is 22.5 Å². The molecule has 5 rings (SSSR count). The Morgan fingerprint density at radius 3 is 1.91 bits per heavy atom. The standard InChI is InChI=1S/C33H33N3O5S.Na/c1-23-29(24-11-5-2-6-12-24)30(33(39)40)32(42-23)34-27(37)21-41-22-28(38)35-17-19-36(20-18-35)31(25-13-7-3-8-14-25)26-15-9-4-10-16-26;/h2-16,31H,17-22H2,1H3,(H,34,37)(H,39,40);/q;+1/p-1. The van der Waals surface area contributed by atoms with E-state index in [-0.39, 0.29) is 65.3 Å². The van der Waals surface area contributed by atoms with Crippen molar-refractivity contribution < 1.29 is 53.8 Å². The third kappa shape index (κ3) is 8.00. The molecule has 0 aliphatic carbocycles. The van der Waals surface area contributed by atoms with Crippen LogP contribution < -0.4 is 40.0 Å². The number of thiophene rings is 1. The summed E-state index contributed by atoms with van der Waals surface area (Å²) < 4.78 is 5.44. The SMILES string of the molecule is Cc1sc(NC(=O)COCC(=O)N2CCN(C(c3ccccc3)c3ccccc3)CC2)c(C(=O)[O-])c1-c1ccccc1.[Na+]. The van der Waals surface area contributed by atoms with Gasteiger partial charge >= 0.3 is 29.6 Å². The van der Waals surface area contributed by atoms with Gasteiger partial charge in [0.1, 0.15) is 18.2 Å². The zero-order valence-electron chi connectivity index (χ0n) is 24.3. The summed E-state index contributed by atoms with van der Waals surface area (Å²) in [6, 6.07) is 29.9. The molecule has 1 N–H and O–H groups in total. The summed E-state index contributed by atoms with van der Waals surface area (Å²) in [5, 5.41) is 14.8. The number of amides is 2. The molecular formula is C33H32N3NaO5S. The van der Waals surface area contributed by atoms with E-state index < -0.39 is 11.9 Å². The van der Waals surface area contributed by atoms with E-state index in [1.54, 1.807) is 11.8 Å². The molecule has 1 aliphatic heterocycles. The van der Waals surface area contributed by atoms with Gasteiger partial charge in [0.05, 0.1) is 12.0 Å². The number of hydrogen-bond acceptors (Lipinski definition) is 7. The maximum absolute atomic E-state index is 12.9. The molecule has 3 aromatic carbocycles. The van der Waals surface area contributed by atoms with Crippen molar-refractivity contribution >= 4 is 34.1 Å². The summed E-state index contributed by atoms with van der Waals surface area (Å²) >= 11 is 1.17. The van der Waals surface area contributed by atoms with Gasteiger partial charge in [-0.15, -0.1) is 11.3 Å². The maximum Gasteiger partial charge on any atom is 1.00 e. The summed E-state index contributed by atoms with van der Waals surface area (Å²) in [5.74, 6) is -2.10. The van der Waals surface area contributed by atoms with Crippen LogP contribution in [0.25, 0.3) is 11.1 Å². The van der Waals surface area contributed by atoms with Crippen molar-refractivity contribution in [3.05, 3.63) is 113 Å². The minimum atomic E-state index is -1.37. The maximum atomic E-state index is 12.9. The molecule has 4 aromatic rings. The second-order valence-electron chi connectivity index (χ2n) is 10.1. The smallest absolute Gasteiger partial charge is 0.545 e. The molecule has 216 valence electrons. The van der Waals surface area contributed by atoms with Gasteiger partial charge in [-0.3, -0.25) is 14.5 Å². The van der Waals surface area contributed by atoms with Crippen LogP contribution in [0.15, 0.2) is 91.0 Å². The predicted octanol–water partition coefficient (Wildman–Crippen LogP) is 0.980. The van der Waals surface area contributed by atoms with Crippen LogP contribution in [0.5, 0.6) is 0 Å². The molecule has 0 saturated carbocycles. The van der Waals surface area contributed by atoms with Gasteiger partial charge in [0.15, 0.2) is 0 Å². The molecule has 8 nitrogen and oxygen atoms in total. The number of nitrogens with one attached hydrogen (secondary N) is 1. The molecule has 1 aromatic heterocycles. The Hall–Kier alpha value is -3.31. The Bertz CT molecular complexity index is 1480. The molecule has 1 saturated heterocycles. The van der Waals surface area contributed by atoms with Crippen LogP contribution in [0.2, 0.25) is 0 Å². The molecule has 0 bridgehead atoms.